The van der Waals surface area contributed by atoms with Crippen LogP contribution in [0.5, 0.6) is 0 Å². The summed E-state index contributed by atoms with van der Waals surface area (Å²) in [4.78, 5) is 31.5. The van der Waals surface area contributed by atoms with Crippen molar-refractivity contribution in [2.24, 2.45) is 0 Å². The lowest BCUT2D eigenvalue weighted by molar-refractivity contribution is 0.0202. The van der Waals surface area contributed by atoms with Crippen LogP contribution in [0.25, 0.3) is 11.3 Å². The average Bonchev–Trinajstić information content (AvgIpc) is 2.73. The van der Waals surface area contributed by atoms with Crippen molar-refractivity contribution in [1.82, 2.24) is 9.88 Å². The summed E-state index contributed by atoms with van der Waals surface area (Å²) in [5.41, 5.74) is 2.57. The van der Waals surface area contributed by atoms with Gasteiger partial charge in [0.2, 0.25) is 0 Å². The highest BCUT2D eigenvalue weighted by molar-refractivity contribution is 5.91. The SMILES string of the molecule is CCOC(=O)c1ccc(-c2ccccc2)nc1C1CCN(C(=O)OC(C)(C)C)CC1. The topological polar surface area (TPSA) is 68.7 Å². The van der Waals surface area contributed by atoms with E-state index in [2.05, 4.69) is 0 Å². The molecule has 0 bridgehead atoms. The summed E-state index contributed by atoms with van der Waals surface area (Å²) in [5, 5.41) is 0. The van der Waals surface area contributed by atoms with E-state index in [-0.39, 0.29) is 18.0 Å². The molecule has 160 valence electrons. The largest absolute Gasteiger partial charge is 0.462 e. The lowest BCUT2D eigenvalue weighted by atomic mass is 9.90. The number of rotatable bonds is 4. The van der Waals surface area contributed by atoms with Crippen LogP contribution >= 0.6 is 0 Å². The molecular weight excluding hydrogens is 380 g/mol. The summed E-state index contributed by atoms with van der Waals surface area (Å²) >= 11 is 0. The second-order valence-electron chi connectivity index (χ2n) is 8.46. The van der Waals surface area contributed by atoms with Crippen LogP contribution in [0, 0.1) is 0 Å². The molecule has 2 heterocycles. The molecule has 3 rings (SSSR count). The van der Waals surface area contributed by atoms with Crippen LogP contribution in [0.2, 0.25) is 0 Å². The zero-order chi connectivity index (χ0) is 21.7. The third-order valence-corrected chi connectivity index (χ3v) is 5.02. The Kier molecular flexibility index (Phi) is 6.75. The number of hydrogen-bond acceptors (Lipinski definition) is 5. The van der Waals surface area contributed by atoms with Gasteiger partial charge < -0.3 is 14.4 Å². The van der Waals surface area contributed by atoms with Crippen LogP contribution in [0.3, 0.4) is 0 Å². The number of amides is 1. The summed E-state index contributed by atoms with van der Waals surface area (Å²) in [6.07, 6.45) is 1.14. The molecule has 1 saturated heterocycles. The maximum atomic E-state index is 12.5. The summed E-state index contributed by atoms with van der Waals surface area (Å²) in [6.45, 7) is 8.84. The van der Waals surface area contributed by atoms with Gasteiger partial charge in [-0.25, -0.2) is 9.59 Å². The van der Waals surface area contributed by atoms with Crippen molar-refractivity contribution in [2.75, 3.05) is 19.7 Å². The van der Waals surface area contributed by atoms with E-state index in [1.165, 1.54) is 0 Å². The molecule has 1 aromatic carbocycles. The third-order valence-electron chi connectivity index (χ3n) is 5.02. The Labute approximate surface area is 178 Å². The second-order valence-corrected chi connectivity index (χ2v) is 8.46. The van der Waals surface area contributed by atoms with Crippen molar-refractivity contribution in [2.45, 2.75) is 52.1 Å². The van der Waals surface area contributed by atoms with Gasteiger partial charge >= 0.3 is 12.1 Å². The number of carbonyl (C=O) groups is 2. The molecule has 0 atom stereocenters. The minimum atomic E-state index is -0.517. The van der Waals surface area contributed by atoms with E-state index in [0.29, 0.717) is 25.3 Å². The molecule has 6 nitrogen and oxygen atoms in total. The first-order valence-corrected chi connectivity index (χ1v) is 10.5. The van der Waals surface area contributed by atoms with E-state index in [1.807, 2.05) is 63.2 Å². The van der Waals surface area contributed by atoms with Gasteiger partial charge in [-0.1, -0.05) is 30.3 Å². The van der Waals surface area contributed by atoms with E-state index in [9.17, 15) is 9.59 Å². The zero-order valence-electron chi connectivity index (χ0n) is 18.2. The van der Waals surface area contributed by atoms with Crippen molar-refractivity contribution < 1.29 is 19.1 Å². The van der Waals surface area contributed by atoms with Crippen molar-refractivity contribution in [3.63, 3.8) is 0 Å². The first-order valence-electron chi connectivity index (χ1n) is 10.5. The van der Waals surface area contributed by atoms with Gasteiger partial charge in [0.15, 0.2) is 0 Å². The third kappa shape index (κ3) is 5.38. The van der Waals surface area contributed by atoms with Gasteiger partial charge in [-0.05, 0) is 52.7 Å². The van der Waals surface area contributed by atoms with E-state index in [4.69, 9.17) is 14.5 Å². The molecule has 30 heavy (non-hydrogen) atoms. The van der Waals surface area contributed by atoms with Crippen LogP contribution in [-0.2, 0) is 9.47 Å². The number of hydrogen-bond donors (Lipinski definition) is 0. The number of piperidine rings is 1. The van der Waals surface area contributed by atoms with Crippen LogP contribution in [0.4, 0.5) is 4.79 Å². The fourth-order valence-corrected chi connectivity index (χ4v) is 3.60. The molecular formula is C24H30N2O4. The lowest BCUT2D eigenvalue weighted by Crippen LogP contribution is -2.41. The number of benzene rings is 1. The van der Waals surface area contributed by atoms with E-state index in [0.717, 1.165) is 29.8 Å². The smallest absolute Gasteiger partial charge is 0.410 e. The lowest BCUT2D eigenvalue weighted by Gasteiger charge is -2.33. The van der Waals surface area contributed by atoms with Crippen molar-refractivity contribution in [3.8, 4) is 11.3 Å². The van der Waals surface area contributed by atoms with Crippen LogP contribution in [0.15, 0.2) is 42.5 Å². The predicted molar refractivity (Wildman–Crippen MR) is 115 cm³/mol. The molecule has 1 fully saturated rings. The number of likely N-dealkylation sites (tertiary alicyclic amines) is 1. The maximum absolute atomic E-state index is 12.5. The monoisotopic (exact) mass is 410 g/mol. The highest BCUT2D eigenvalue weighted by atomic mass is 16.6. The van der Waals surface area contributed by atoms with Crippen LogP contribution in [-0.4, -0.2) is 47.2 Å². The standard InChI is InChI=1S/C24H30N2O4/c1-5-29-22(27)19-11-12-20(17-9-7-6-8-10-17)25-21(19)18-13-15-26(16-14-18)23(28)30-24(2,3)4/h6-12,18H,5,13-16H2,1-4H3. The predicted octanol–water partition coefficient (Wildman–Crippen LogP) is 5.04. The number of aromatic nitrogens is 1. The molecule has 0 spiro atoms. The molecule has 1 aliphatic heterocycles. The number of esters is 1. The Bertz CT molecular complexity index is 882. The second kappa shape index (κ2) is 9.28. The molecule has 0 aliphatic carbocycles. The van der Waals surface area contributed by atoms with Gasteiger partial charge in [-0.3, -0.25) is 4.98 Å². The summed E-state index contributed by atoms with van der Waals surface area (Å²) < 4.78 is 10.7. The molecule has 1 aliphatic rings. The van der Waals surface area contributed by atoms with Gasteiger partial charge in [0.25, 0.3) is 0 Å². The van der Waals surface area contributed by atoms with Crippen molar-refractivity contribution in [3.05, 3.63) is 53.7 Å². The molecule has 0 saturated carbocycles. The summed E-state index contributed by atoms with van der Waals surface area (Å²) in [7, 11) is 0. The Morgan fingerprint density at radius 1 is 1.07 bits per heavy atom. The fourth-order valence-electron chi connectivity index (χ4n) is 3.60. The minimum Gasteiger partial charge on any atom is -0.462 e. The highest BCUT2D eigenvalue weighted by Gasteiger charge is 2.30. The van der Waals surface area contributed by atoms with Crippen LogP contribution < -0.4 is 0 Å². The first kappa shape index (κ1) is 21.8. The maximum Gasteiger partial charge on any atom is 0.410 e. The van der Waals surface area contributed by atoms with Crippen molar-refractivity contribution in [1.29, 1.82) is 0 Å². The molecule has 0 unspecified atom stereocenters. The number of pyridine rings is 1. The summed E-state index contributed by atoms with van der Waals surface area (Å²) in [6, 6.07) is 13.6. The van der Waals surface area contributed by atoms with E-state index in [1.54, 1.807) is 11.8 Å². The minimum absolute atomic E-state index is 0.0757. The van der Waals surface area contributed by atoms with Gasteiger partial charge in [-0.2, -0.15) is 0 Å². The number of nitrogens with zero attached hydrogens (tertiary/aromatic N) is 2. The molecule has 1 amide bonds. The Balaban J connectivity index is 1.83. The number of ether oxygens (including phenoxy) is 2. The first-order chi connectivity index (χ1) is 14.3. The Morgan fingerprint density at radius 2 is 1.73 bits per heavy atom. The quantitative estimate of drug-likeness (QED) is 0.661. The Hall–Kier alpha value is -2.89. The molecule has 2 aromatic rings. The fraction of sp³-hybridized carbons (Fsp3) is 0.458. The van der Waals surface area contributed by atoms with Crippen molar-refractivity contribution >= 4 is 12.1 Å². The van der Waals surface area contributed by atoms with E-state index >= 15 is 0 Å². The van der Waals surface area contributed by atoms with Gasteiger partial charge in [0, 0.05) is 24.6 Å². The molecule has 6 heteroatoms. The van der Waals surface area contributed by atoms with Gasteiger partial charge in [-0.15, -0.1) is 0 Å². The Morgan fingerprint density at radius 3 is 2.33 bits per heavy atom. The highest BCUT2D eigenvalue weighted by Crippen LogP contribution is 2.32. The molecule has 0 N–H and O–H groups in total. The molecule has 0 radical (unpaired) electrons. The van der Waals surface area contributed by atoms with Crippen LogP contribution in [0.1, 0.15) is 62.5 Å². The average molecular weight is 411 g/mol. The molecule has 1 aromatic heterocycles. The summed E-state index contributed by atoms with van der Waals surface area (Å²) in [5.74, 6) is -0.277. The van der Waals surface area contributed by atoms with E-state index < -0.39 is 5.60 Å². The normalized spacial score (nSPS) is 15.0. The number of carbonyl (C=O) groups excluding carboxylic acids is 2. The van der Waals surface area contributed by atoms with Gasteiger partial charge in [0.05, 0.1) is 23.6 Å². The van der Waals surface area contributed by atoms with Gasteiger partial charge in [0.1, 0.15) is 5.60 Å². The zero-order valence-corrected chi connectivity index (χ0v) is 18.2.